The maximum Gasteiger partial charge on any atom is 0.153 e. The molecule has 1 aromatic carbocycles. The van der Waals surface area contributed by atoms with Crippen LogP contribution in [0.3, 0.4) is 0 Å². The van der Waals surface area contributed by atoms with Gasteiger partial charge in [0.05, 0.1) is 25.0 Å². The fourth-order valence-electron chi connectivity index (χ4n) is 2.15. The Morgan fingerprint density at radius 3 is 2.32 bits per heavy atom. The van der Waals surface area contributed by atoms with Crippen LogP contribution in [0.15, 0.2) is 30.5 Å². The Bertz CT molecular complexity index is 434. The van der Waals surface area contributed by atoms with Gasteiger partial charge in [0.1, 0.15) is 5.75 Å². The summed E-state index contributed by atoms with van der Waals surface area (Å²) >= 11 is 0. The lowest BCUT2D eigenvalue weighted by Gasteiger charge is -2.07. The van der Waals surface area contributed by atoms with Gasteiger partial charge in [0.15, 0.2) is 6.29 Å². The Balaban J connectivity index is 2.34. The first-order valence-corrected chi connectivity index (χ1v) is 8.32. The summed E-state index contributed by atoms with van der Waals surface area (Å²) in [7, 11) is 0. The van der Waals surface area contributed by atoms with Crippen LogP contribution in [-0.2, 0) is 9.53 Å². The zero-order valence-corrected chi connectivity index (χ0v) is 13.8. The number of allylic oxidation sites excluding steroid dienone is 1. The Kier molecular flexibility index (Phi) is 9.84. The monoisotopic (exact) mass is 304 g/mol. The molecule has 0 aliphatic carbocycles. The highest BCUT2D eigenvalue weighted by molar-refractivity contribution is 6.06. The Morgan fingerprint density at radius 1 is 1.00 bits per heavy atom. The fourth-order valence-corrected chi connectivity index (χ4v) is 2.15. The Hall–Kier alpha value is -1.77. The van der Waals surface area contributed by atoms with Crippen LogP contribution in [0.4, 0.5) is 0 Å². The predicted octanol–water partition coefficient (Wildman–Crippen LogP) is 5.00. The van der Waals surface area contributed by atoms with E-state index in [1.54, 1.807) is 0 Å². The molecule has 0 aromatic heterocycles. The van der Waals surface area contributed by atoms with E-state index in [-0.39, 0.29) is 0 Å². The van der Waals surface area contributed by atoms with Crippen molar-refractivity contribution in [1.82, 2.24) is 0 Å². The van der Waals surface area contributed by atoms with Gasteiger partial charge < -0.3 is 9.47 Å². The fraction of sp³-hybridized carbons (Fsp3) is 0.526. The summed E-state index contributed by atoms with van der Waals surface area (Å²) in [5.41, 5.74) is 1.39. The first-order valence-electron chi connectivity index (χ1n) is 8.32. The topological polar surface area (TPSA) is 35.5 Å². The summed E-state index contributed by atoms with van der Waals surface area (Å²) < 4.78 is 10.9. The summed E-state index contributed by atoms with van der Waals surface area (Å²) in [6.07, 6.45) is 9.85. The molecule has 3 nitrogen and oxygen atoms in total. The zero-order chi connectivity index (χ0) is 16.0. The minimum Gasteiger partial charge on any atom is -0.501 e. The van der Waals surface area contributed by atoms with Gasteiger partial charge in [-0.2, -0.15) is 0 Å². The van der Waals surface area contributed by atoms with Gasteiger partial charge in [0.25, 0.3) is 0 Å². The highest BCUT2D eigenvalue weighted by atomic mass is 16.5. The van der Waals surface area contributed by atoms with Crippen LogP contribution in [0.2, 0.25) is 0 Å². The van der Waals surface area contributed by atoms with E-state index >= 15 is 0 Å². The van der Waals surface area contributed by atoms with Gasteiger partial charge in [0.2, 0.25) is 0 Å². The van der Waals surface area contributed by atoms with Crippen LogP contribution in [0.25, 0.3) is 5.57 Å². The second-order valence-corrected chi connectivity index (χ2v) is 5.29. The molecule has 0 saturated carbocycles. The minimum atomic E-state index is 0.546. The summed E-state index contributed by atoms with van der Waals surface area (Å²) in [6, 6.07) is 7.57. The normalized spacial score (nSPS) is 11.3. The lowest BCUT2D eigenvalue weighted by Crippen LogP contribution is -1.97. The number of aldehydes is 1. The number of rotatable bonds is 12. The molecule has 0 unspecified atom stereocenters. The molecule has 1 aromatic rings. The van der Waals surface area contributed by atoms with Crippen LogP contribution in [0, 0.1) is 0 Å². The quantitative estimate of drug-likeness (QED) is 0.236. The first-order chi connectivity index (χ1) is 10.8. The number of hydrogen-bond acceptors (Lipinski definition) is 3. The summed E-state index contributed by atoms with van der Waals surface area (Å²) in [5, 5.41) is 0. The third-order valence-electron chi connectivity index (χ3n) is 3.46. The van der Waals surface area contributed by atoms with E-state index in [1.807, 2.05) is 31.2 Å². The molecular formula is C19H28O3. The maximum atomic E-state index is 11.0. The third kappa shape index (κ3) is 7.30. The average molecular weight is 304 g/mol. The van der Waals surface area contributed by atoms with E-state index in [4.69, 9.17) is 9.47 Å². The molecule has 22 heavy (non-hydrogen) atoms. The molecule has 0 N–H and O–H groups in total. The van der Waals surface area contributed by atoms with E-state index in [2.05, 4.69) is 6.92 Å². The van der Waals surface area contributed by atoms with Crippen molar-refractivity contribution in [2.24, 2.45) is 0 Å². The van der Waals surface area contributed by atoms with Crippen LogP contribution in [0.1, 0.15) is 57.9 Å². The molecule has 0 radical (unpaired) electrons. The van der Waals surface area contributed by atoms with E-state index in [0.29, 0.717) is 12.2 Å². The smallest absolute Gasteiger partial charge is 0.153 e. The predicted molar refractivity (Wildman–Crippen MR) is 91.0 cm³/mol. The van der Waals surface area contributed by atoms with Crippen LogP contribution < -0.4 is 4.74 Å². The molecule has 0 atom stereocenters. The molecule has 0 aliphatic rings. The molecule has 0 aliphatic heterocycles. The lowest BCUT2D eigenvalue weighted by atomic mass is 10.1. The molecular weight excluding hydrogens is 276 g/mol. The van der Waals surface area contributed by atoms with Crippen molar-refractivity contribution in [1.29, 1.82) is 0 Å². The van der Waals surface area contributed by atoms with Crippen LogP contribution >= 0.6 is 0 Å². The van der Waals surface area contributed by atoms with Crippen molar-refractivity contribution < 1.29 is 14.3 Å². The summed E-state index contributed by atoms with van der Waals surface area (Å²) in [4.78, 5) is 11.0. The molecule has 122 valence electrons. The van der Waals surface area contributed by atoms with Crippen molar-refractivity contribution in [3.05, 3.63) is 36.1 Å². The third-order valence-corrected chi connectivity index (χ3v) is 3.46. The van der Waals surface area contributed by atoms with Crippen molar-refractivity contribution in [3.63, 3.8) is 0 Å². The van der Waals surface area contributed by atoms with Crippen LogP contribution in [0.5, 0.6) is 5.75 Å². The van der Waals surface area contributed by atoms with Gasteiger partial charge in [-0.1, -0.05) is 51.2 Å². The van der Waals surface area contributed by atoms with Gasteiger partial charge in [-0.25, -0.2) is 0 Å². The Labute approximate surface area is 134 Å². The first kappa shape index (κ1) is 18.3. The van der Waals surface area contributed by atoms with Crippen molar-refractivity contribution in [3.8, 4) is 5.75 Å². The number of carbonyl (C=O) groups is 1. The van der Waals surface area contributed by atoms with Gasteiger partial charge in [-0.3, -0.25) is 4.79 Å². The zero-order valence-electron chi connectivity index (χ0n) is 13.8. The largest absolute Gasteiger partial charge is 0.501 e. The number of hydrogen-bond donors (Lipinski definition) is 0. The molecule has 0 saturated heterocycles. The van der Waals surface area contributed by atoms with Gasteiger partial charge in [-0.15, -0.1) is 0 Å². The van der Waals surface area contributed by atoms with Gasteiger partial charge >= 0.3 is 0 Å². The van der Waals surface area contributed by atoms with Crippen molar-refractivity contribution >= 4 is 11.9 Å². The Morgan fingerprint density at radius 2 is 1.68 bits per heavy atom. The highest BCUT2D eigenvalue weighted by Gasteiger charge is 2.02. The number of ether oxygens (including phenoxy) is 2. The van der Waals surface area contributed by atoms with E-state index in [1.165, 1.54) is 38.4 Å². The number of benzene rings is 1. The lowest BCUT2D eigenvalue weighted by molar-refractivity contribution is -0.103. The van der Waals surface area contributed by atoms with E-state index in [9.17, 15) is 4.79 Å². The molecule has 3 heteroatoms. The number of unbranched alkanes of at least 4 members (excludes halogenated alkanes) is 5. The molecule has 0 spiro atoms. The van der Waals surface area contributed by atoms with Gasteiger partial charge in [0, 0.05) is 0 Å². The molecule has 0 heterocycles. The van der Waals surface area contributed by atoms with Crippen molar-refractivity contribution in [2.45, 2.75) is 52.4 Å². The van der Waals surface area contributed by atoms with Crippen molar-refractivity contribution in [2.75, 3.05) is 13.2 Å². The van der Waals surface area contributed by atoms with E-state index < -0.39 is 0 Å². The van der Waals surface area contributed by atoms with E-state index in [0.717, 1.165) is 30.6 Å². The number of carbonyl (C=O) groups excluding carboxylic acids is 1. The molecule has 1 rings (SSSR count). The second kappa shape index (κ2) is 11.8. The molecule has 0 fully saturated rings. The average Bonchev–Trinajstić information content (AvgIpc) is 2.56. The standard InChI is InChI=1S/C19H28O3/c1-3-5-6-7-8-9-14-22-19-12-10-17(11-13-19)18(15-20)16-21-4-2/h10-13,15-16H,3-9,14H2,1-2H3/b18-16+. The van der Waals surface area contributed by atoms with Crippen LogP contribution in [-0.4, -0.2) is 19.5 Å². The summed E-state index contributed by atoms with van der Waals surface area (Å²) in [6.45, 7) is 5.42. The maximum absolute atomic E-state index is 11.0. The minimum absolute atomic E-state index is 0.546. The summed E-state index contributed by atoms with van der Waals surface area (Å²) in [5.74, 6) is 0.846. The van der Waals surface area contributed by atoms with Gasteiger partial charge in [-0.05, 0) is 31.0 Å². The molecule has 0 bridgehead atoms. The SMILES string of the molecule is CCCCCCCCOc1ccc(/C(C=O)=C/OCC)cc1. The highest BCUT2D eigenvalue weighted by Crippen LogP contribution is 2.18. The molecule has 0 amide bonds. The second-order valence-electron chi connectivity index (χ2n) is 5.29.